The van der Waals surface area contributed by atoms with Crippen LogP contribution in [0.1, 0.15) is 21.5 Å². The van der Waals surface area contributed by atoms with Crippen LogP contribution in [0.3, 0.4) is 0 Å². The third-order valence-electron chi connectivity index (χ3n) is 3.73. The molecule has 0 unspecified atom stereocenters. The number of nitrogens with one attached hydrogen (secondary N) is 1. The number of ether oxygens (including phenoxy) is 1. The lowest BCUT2D eigenvalue weighted by atomic mass is 10.1. The molecule has 0 saturated carbocycles. The molecule has 1 aromatic heterocycles. The fourth-order valence-electron chi connectivity index (χ4n) is 2.44. The predicted molar refractivity (Wildman–Crippen MR) is 101 cm³/mol. The Kier molecular flexibility index (Phi) is 5.63. The Hall–Kier alpha value is -2.44. The molecule has 3 rings (SSSR count). The summed E-state index contributed by atoms with van der Waals surface area (Å²) in [7, 11) is 1.65. The van der Waals surface area contributed by atoms with Crippen molar-refractivity contribution in [1.29, 1.82) is 0 Å². The van der Waals surface area contributed by atoms with Crippen LogP contribution in [-0.2, 0) is 17.9 Å². The molecule has 0 bridgehead atoms. The third kappa shape index (κ3) is 4.55. The van der Waals surface area contributed by atoms with Crippen molar-refractivity contribution in [2.75, 3.05) is 12.4 Å². The normalized spacial score (nSPS) is 10.6. The van der Waals surface area contributed by atoms with E-state index in [4.69, 9.17) is 4.74 Å². The number of hydrogen-bond acceptors (Lipinski definition) is 3. The molecule has 0 aliphatic heterocycles. The van der Waals surface area contributed by atoms with Crippen LogP contribution in [0.25, 0.3) is 0 Å². The van der Waals surface area contributed by atoms with Crippen molar-refractivity contribution in [1.82, 2.24) is 9.78 Å². The first-order valence-corrected chi connectivity index (χ1v) is 8.60. The molecular weight excluding hydrogens is 382 g/mol. The van der Waals surface area contributed by atoms with Crippen molar-refractivity contribution in [3.63, 3.8) is 0 Å². The average Bonchev–Trinajstić information content (AvgIpc) is 3.04. The molecule has 1 N–H and O–H groups in total. The van der Waals surface area contributed by atoms with E-state index in [0.717, 1.165) is 15.6 Å². The van der Waals surface area contributed by atoms with Crippen LogP contribution >= 0.6 is 15.9 Å². The van der Waals surface area contributed by atoms with Crippen LogP contribution in [0.4, 0.5) is 5.82 Å². The standard InChI is InChI=1S/C19H18BrN3O2/c1-25-13-15-2-6-16(7-3-15)19(24)22-18-10-11-21-23(18)12-14-4-8-17(20)9-5-14/h2-11H,12-13H2,1H3,(H,22,24). The monoisotopic (exact) mass is 399 g/mol. The zero-order valence-electron chi connectivity index (χ0n) is 13.8. The van der Waals surface area contributed by atoms with Crippen molar-refractivity contribution in [2.24, 2.45) is 0 Å². The Bertz CT molecular complexity index is 842. The summed E-state index contributed by atoms with van der Waals surface area (Å²) in [5.41, 5.74) is 2.72. The first kappa shape index (κ1) is 17.4. The summed E-state index contributed by atoms with van der Waals surface area (Å²) in [5, 5.41) is 7.20. The lowest BCUT2D eigenvalue weighted by Gasteiger charge is -2.10. The second-order valence-corrected chi connectivity index (χ2v) is 6.50. The quantitative estimate of drug-likeness (QED) is 0.678. The molecule has 0 spiro atoms. The number of nitrogens with zero attached hydrogens (tertiary/aromatic N) is 2. The molecule has 1 amide bonds. The van der Waals surface area contributed by atoms with Crippen molar-refractivity contribution in [3.05, 3.63) is 82.0 Å². The van der Waals surface area contributed by atoms with Gasteiger partial charge in [0.1, 0.15) is 5.82 Å². The number of anilines is 1. The minimum absolute atomic E-state index is 0.165. The van der Waals surface area contributed by atoms with Crippen molar-refractivity contribution in [2.45, 2.75) is 13.2 Å². The Labute approximate surface area is 154 Å². The van der Waals surface area contributed by atoms with Gasteiger partial charge in [-0.15, -0.1) is 0 Å². The smallest absolute Gasteiger partial charge is 0.256 e. The zero-order valence-corrected chi connectivity index (χ0v) is 15.4. The summed E-state index contributed by atoms with van der Waals surface area (Å²) < 4.78 is 7.87. The molecule has 5 nitrogen and oxygen atoms in total. The molecular formula is C19H18BrN3O2. The molecule has 6 heteroatoms. The lowest BCUT2D eigenvalue weighted by Crippen LogP contribution is -2.16. The second-order valence-electron chi connectivity index (χ2n) is 5.58. The SMILES string of the molecule is COCc1ccc(C(=O)Nc2ccnn2Cc2ccc(Br)cc2)cc1. The average molecular weight is 400 g/mol. The Morgan fingerprint density at radius 3 is 2.44 bits per heavy atom. The predicted octanol–water partition coefficient (Wildman–Crippen LogP) is 4.09. The molecule has 3 aromatic rings. The van der Waals surface area contributed by atoms with Gasteiger partial charge < -0.3 is 10.1 Å². The van der Waals surface area contributed by atoms with Crippen molar-refractivity contribution >= 4 is 27.7 Å². The van der Waals surface area contributed by atoms with Gasteiger partial charge in [-0.1, -0.05) is 40.2 Å². The van der Waals surface area contributed by atoms with Crippen LogP contribution in [0, 0.1) is 0 Å². The van der Waals surface area contributed by atoms with E-state index in [1.165, 1.54) is 0 Å². The maximum atomic E-state index is 12.4. The Morgan fingerprint density at radius 1 is 1.08 bits per heavy atom. The Balaban J connectivity index is 1.69. The lowest BCUT2D eigenvalue weighted by molar-refractivity contribution is 0.102. The van der Waals surface area contributed by atoms with E-state index < -0.39 is 0 Å². The van der Waals surface area contributed by atoms with E-state index in [2.05, 4.69) is 26.3 Å². The fraction of sp³-hybridized carbons (Fsp3) is 0.158. The summed E-state index contributed by atoms with van der Waals surface area (Å²) in [5.74, 6) is 0.496. The van der Waals surface area contributed by atoms with Gasteiger partial charge in [-0.3, -0.25) is 4.79 Å². The minimum Gasteiger partial charge on any atom is -0.380 e. The summed E-state index contributed by atoms with van der Waals surface area (Å²) in [4.78, 5) is 12.4. The first-order chi connectivity index (χ1) is 12.2. The van der Waals surface area contributed by atoms with Gasteiger partial charge in [0.15, 0.2) is 0 Å². The molecule has 0 atom stereocenters. The Morgan fingerprint density at radius 2 is 1.76 bits per heavy atom. The number of halogens is 1. The van der Waals surface area contributed by atoms with Crippen LogP contribution in [-0.4, -0.2) is 22.8 Å². The van der Waals surface area contributed by atoms with E-state index in [1.807, 2.05) is 36.4 Å². The third-order valence-corrected chi connectivity index (χ3v) is 4.26. The van der Waals surface area contributed by atoms with Gasteiger partial charge in [0.25, 0.3) is 5.91 Å². The van der Waals surface area contributed by atoms with E-state index >= 15 is 0 Å². The van der Waals surface area contributed by atoms with Gasteiger partial charge in [0, 0.05) is 23.2 Å². The molecule has 2 aromatic carbocycles. The number of rotatable bonds is 6. The maximum absolute atomic E-state index is 12.4. The van der Waals surface area contributed by atoms with Gasteiger partial charge in [0.2, 0.25) is 0 Å². The van der Waals surface area contributed by atoms with Crippen LogP contribution in [0.2, 0.25) is 0 Å². The number of hydrogen-bond donors (Lipinski definition) is 1. The molecule has 0 saturated heterocycles. The van der Waals surface area contributed by atoms with Gasteiger partial charge in [-0.05, 0) is 35.4 Å². The van der Waals surface area contributed by atoms with Crippen LogP contribution in [0.15, 0.2) is 65.3 Å². The minimum atomic E-state index is -0.165. The number of amides is 1. The highest BCUT2D eigenvalue weighted by Crippen LogP contribution is 2.15. The summed E-state index contributed by atoms with van der Waals surface area (Å²) in [6.45, 7) is 1.12. The first-order valence-electron chi connectivity index (χ1n) is 7.81. The second kappa shape index (κ2) is 8.09. The van der Waals surface area contributed by atoms with Gasteiger partial charge in [-0.2, -0.15) is 5.10 Å². The maximum Gasteiger partial charge on any atom is 0.256 e. The number of aromatic nitrogens is 2. The summed E-state index contributed by atoms with van der Waals surface area (Å²) in [6, 6.07) is 17.2. The van der Waals surface area contributed by atoms with Crippen molar-refractivity contribution in [3.8, 4) is 0 Å². The van der Waals surface area contributed by atoms with E-state index in [9.17, 15) is 4.79 Å². The summed E-state index contributed by atoms with van der Waals surface area (Å²) >= 11 is 3.42. The van der Waals surface area contributed by atoms with E-state index in [1.54, 1.807) is 36.2 Å². The van der Waals surface area contributed by atoms with Gasteiger partial charge >= 0.3 is 0 Å². The van der Waals surface area contributed by atoms with Gasteiger partial charge in [0.05, 0.1) is 19.3 Å². The number of carbonyl (C=O) groups is 1. The molecule has 0 aliphatic rings. The fourth-order valence-corrected chi connectivity index (χ4v) is 2.70. The molecule has 0 aliphatic carbocycles. The van der Waals surface area contributed by atoms with Crippen LogP contribution < -0.4 is 5.32 Å². The molecule has 128 valence electrons. The van der Waals surface area contributed by atoms with E-state index in [-0.39, 0.29) is 5.91 Å². The molecule has 25 heavy (non-hydrogen) atoms. The number of benzene rings is 2. The highest BCUT2D eigenvalue weighted by atomic mass is 79.9. The molecule has 0 radical (unpaired) electrons. The largest absolute Gasteiger partial charge is 0.380 e. The summed E-state index contributed by atoms with van der Waals surface area (Å²) in [6.07, 6.45) is 1.68. The highest BCUT2D eigenvalue weighted by Gasteiger charge is 2.10. The van der Waals surface area contributed by atoms with E-state index in [0.29, 0.717) is 24.5 Å². The number of methoxy groups -OCH3 is 1. The topological polar surface area (TPSA) is 56.1 Å². The zero-order chi connectivity index (χ0) is 17.6. The molecule has 0 fully saturated rings. The van der Waals surface area contributed by atoms with Crippen LogP contribution in [0.5, 0.6) is 0 Å². The highest BCUT2D eigenvalue weighted by molar-refractivity contribution is 9.10. The molecule has 1 heterocycles. The van der Waals surface area contributed by atoms with Gasteiger partial charge in [-0.25, -0.2) is 4.68 Å². The number of carbonyl (C=O) groups excluding carboxylic acids is 1. The van der Waals surface area contributed by atoms with Crippen molar-refractivity contribution < 1.29 is 9.53 Å².